The van der Waals surface area contributed by atoms with Crippen LogP contribution in [0.5, 0.6) is 5.75 Å². The summed E-state index contributed by atoms with van der Waals surface area (Å²) in [6.07, 6.45) is 9.51. The molecule has 0 spiro atoms. The highest BCUT2D eigenvalue weighted by Gasteiger charge is 2.22. The summed E-state index contributed by atoms with van der Waals surface area (Å²) >= 11 is 0. The smallest absolute Gasteiger partial charge is 0.120 e. The number of hydrogen-bond donors (Lipinski definition) is 2. The van der Waals surface area contributed by atoms with Crippen LogP contribution in [0.4, 0.5) is 0 Å². The number of benzene rings is 1. The van der Waals surface area contributed by atoms with Gasteiger partial charge in [-0.3, -0.25) is 5.10 Å². The quantitative estimate of drug-likeness (QED) is 0.797. The Balaban J connectivity index is 1.56. The SMILES string of the molecule is CCCCN[C@H]1CCC[C@H](Oc2ccc3[nH]ncc3c2)C1. The van der Waals surface area contributed by atoms with E-state index in [4.69, 9.17) is 4.74 Å². The molecule has 0 unspecified atom stereocenters. The molecule has 1 aromatic carbocycles. The molecule has 4 nitrogen and oxygen atoms in total. The average Bonchev–Trinajstić information content (AvgIpc) is 2.95. The third-order valence-corrected chi connectivity index (χ3v) is 4.30. The third kappa shape index (κ3) is 3.76. The zero-order chi connectivity index (χ0) is 14.5. The van der Waals surface area contributed by atoms with Crippen molar-refractivity contribution in [1.29, 1.82) is 0 Å². The van der Waals surface area contributed by atoms with Crippen LogP contribution in [0.15, 0.2) is 24.4 Å². The summed E-state index contributed by atoms with van der Waals surface area (Å²) in [5, 5.41) is 11.8. The van der Waals surface area contributed by atoms with E-state index in [2.05, 4.69) is 28.5 Å². The number of ether oxygens (including phenoxy) is 1. The van der Waals surface area contributed by atoms with Crippen molar-refractivity contribution in [3.05, 3.63) is 24.4 Å². The fourth-order valence-corrected chi connectivity index (χ4v) is 3.11. The molecule has 0 amide bonds. The van der Waals surface area contributed by atoms with Crippen molar-refractivity contribution in [2.24, 2.45) is 0 Å². The Morgan fingerprint density at radius 2 is 2.33 bits per heavy atom. The van der Waals surface area contributed by atoms with Crippen molar-refractivity contribution in [3.63, 3.8) is 0 Å². The van der Waals surface area contributed by atoms with Gasteiger partial charge in [-0.25, -0.2) is 0 Å². The van der Waals surface area contributed by atoms with E-state index in [-0.39, 0.29) is 0 Å². The number of nitrogens with zero attached hydrogens (tertiary/aromatic N) is 1. The van der Waals surface area contributed by atoms with Gasteiger partial charge in [0.15, 0.2) is 0 Å². The first kappa shape index (κ1) is 14.4. The van der Waals surface area contributed by atoms with E-state index in [1.165, 1.54) is 25.7 Å². The van der Waals surface area contributed by atoms with E-state index < -0.39 is 0 Å². The Hall–Kier alpha value is -1.55. The Morgan fingerprint density at radius 3 is 3.24 bits per heavy atom. The lowest BCUT2D eigenvalue weighted by atomic mass is 9.92. The Labute approximate surface area is 126 Å². The highest BCUT2D eigenvalue weighted by molar-refractivity contribution is 5.79. The number of H-pyrrole nitrogens is 1. The van der Waals surface area contributed by atoms with Crippen LogP contribution in [0.1, 0.15) is 45.4 Å². The first-order chi connectivity index (χ1) is 10.3. The maximum atomic E-state index is 6.19. The monoisotopic (exact) mass is 287 g/mol. The second kappa shape index (κ2) is 6.94. The minimum absolute atomic E-state index is 0.335. The van der Waals surface area contributed by atoms with Gasteiger partial charge in [0.25, 0.3) is 0 Å². The van der Waals surface area contributed by atoms with Gasteiger partial charge < -0.3 is 10.1 Å². The number of nitrogens with one attached hydrogen (secondary N) is 2. The molecule has 1 aromatic heterocycles. The molecule has 21 heavy (non-hydrogen) atoms. The summed E-state index contributed by atoms with van der Waals surface area (Å²) < 4.78 is 6.19. The minimum Gasteiger partial charge on any atom is -0.490 e. The van der Waals surface area contributed by atoms with E-state index in [1.54, 1.807) is 0 Å². The molecule has 1 aliphatic carbocycles. The molecule has 1 heterocycles. The summed E-state index contributed by atoms with van der Waals surface area (Å²) in [4.78, 5) is 0. The van der Waals surface area contributed by atoms with Crippen molar-refractivity contribution in [2.75, 3.05) is 6.54 Å². The molecular weight excluding hydrogens is 262 g/mol. The van der Waals surface area contributed by atoms with Crippen LogP contribution >= 0.6 is 0 Å². The van der Waals surface area contributed by atoms with Crippen LogP contribution in [0, 0.1) is 0 Å². The van der Waals surface area contributed by atoms with Crippen LogP contribution in [-0.2, 0) is 0 Å². The zero-order valence-corrected chi connectivity index (χ0v) is 12.8. The van der Waals surface area contributed by atoms with Gasteiger partial charge in [0.1, 0.15) is 11.9 Å². The van der Waals surface area contributed by atoms with Gasteiger partial charge in [-0.2, -0.15) is 5.10 Å². The molecule has 2 aromatic rings. The largest absolute Gasteiger partial charge is 0.490 e. The van der Waals surface area contributed by atoms with Crippen LogP contribution < -0.4 is 10.1 Å². The number of unbranched alkanes of at least 4 members (excludes halogenated alkanes) is 1. The van der Waals surface area contributed by atoms with Gasteiger partial charge in [0, 0.05) is 11.4 Å². The molecule has 4 heteroatoms. The lowest BCUT2D eigenvalue weighted by molar-refractivity contribution is 0.135. The van der Waals surface area contributed by atoms with Crippen LogP contribution in [0.2, 0.25) is 0 Å². The Bertz CT molecular complexity index is 566. The first-order valence-corrected chi connectivity index (χ1v) is 8.18. The molecule has 2 atom stereocenters. The standard InChI is InChI=1S/C17H25N3O/c1-2-3-9-18-14-5-4-6-15(11-14)21-16-7-8-17-13(10-16)12-19-20-17/h7-8,10,12,14-15,18H,2-6,9,11H2,1H3,(H,19,20)/t14-,15-/m0/s1. The van der Waals surface area contributed by atoms with Crippen LogP contribution in [0.25, 0.3) is 10.9 Å². The predicted octanol–water partition coefficient (Wildman–Crippen LogP) is 3.64. The van der Waals surface area contributed by atoms with Gasteiger partial charge in [-0.05, 0) is 56.8 Å². The first-order valence-electron chi connectivity index (χ1n) is 8.18. The summed E-state index contributed by atoms with van der Waals surface area (Å²) in [7, 11) is 0. The fraction of sp³-hybridized carbons (Fsp3) is 0.588. The predicted molar refractivity (Wildman–Crippen MR) is 85.7 cm³/mol. The lowest BCUT2D eigenvalue weighted by Crippen LogP contribution is -2.38. The second-order valence-electron chi connectivity index (χ2n) is 6.03. The average molecular weight is 287 g/mol. The molecule has 0 radical (unpaired) electrons. The summed E-state index contributed by atoms with van der Waals surface area (Å²) in [6.45, 7) is 3.37. The van der Waals surface area contributed by atoms with Crippen molar-refractivity contribution in [2.45, 2.75) is 57.6 Å². The van der Waals surface area contributed by atoms with Gasteiger partial charge in [-0.15, -0.1) is 0 Å². The molecule has 0 saturated heterocycles. The topological polar surface area (TPSA) is 49.9 Å². The van der Waals surface area contributed by atoms with Crippen molar-refractivity contribution >= 4 is 10.9 Å². The summed E-state index contributed by atoms with van der Waals surface area (Å²) in [6, 6.07) is 6.77. The molecule has 1 aliphatic rings. The lowest BCUT2D eigenvalue weighted by Gasteiger charge is -2.30. The van der Waals surface area contributed by atoms with E-state index in [0.29, 0.717) is 12.1 Å². The number of rotatable bonds is 6. The third-order valence-electron chi connectivity index (χ3n) is 4.30. The highest BCUT2D eigenvalue weighted by atomic mass is 16.5. The van der Waals surface area contributed by atoms with Gasteiger partial charge in [0.05, 0.1) is 11.7 Å². The van der Waals surface area contributed by atoms with Crippen molar-refractivity contribution in [1.82, 2.24) is 15.5 Å². The van der Waals surface area contributed by atoms with E-state index in [1.807, 2.05) is 18.3 Å². The number of aromatic nitrogens is 2. The molecule has 2 N–H and O–H groups in total. The van der Waals surface area contributed by atoms with E-state index >= 15 is 0 Å². The van der Waals surface area contributed by atoms with Crippen molar-refractivity contribution < 1.29 is 4.74 Å². The number of aromatic amines is 1. The van der Waals surface area contributed by atoms with Crippen LogP contribution in [0.3, 0.4) is 0 Å². The summed E-state index contributed by atoms with van der Waals surface area (Å²) in [5.74, 6) is 0.961. The maximum absolute atomic E-state index is 6.19. The zero-order valence-electron chi connectivity index (χ0n) is 12.8. The Kier molecular flexibility index (Phi) is 4.76. The molecule has 1 saturated carbocycles. The Morgan fingerprint density at radius 1 is 1.38 bits per heavy atom. The van der Waals surface area contributed by atoms with Gasteiger partial charge >= 0.3 is 0 Å². The van der Waals surface area contributed by atoms with Crippen molar-refractivity contribution in [3.8, 4) is 5.75 Å². The maximum Gasteiger partial charge on any atom is 0.120 e. The number of fused-ring (bicyclic) bond motifs is 1. The fourth-order valence-electron chi connectivity index (χ4n) is 3.11. The van der Waals surface area contributed by atoms with E-state index in [0.717, 1.165) is 36.0 Å². The second-order valence-corrected chi connectivity index (χ2v) is 6.03. The van der Waals surface area contributed by atoms with Crippen LogP contribution in [-0.4, -0.2) is 28.9 Å². The van der Waals surface area contributed by atoms with E-state index in [9.17, 15) is 0 Å². The molecule has 1 fully saturated rings. The molecule has 114 valence electrons. The molecule has 0 aliphatic heterocycles. The normalized spacial score (nSPS) is 22.5. The minimum atomic E-state index is 0.335. The summed E-state index contributed by atoms with van der Waals surface area (Å²) in [5.41, 5.74) is 1.06. The highest BCUT2D eigenvalue weighted by Crippen LogP contribution is 2.26. The number of hydrogen-bond acceptors (Lipinski definition) is 3. The molecular formula is C17H25N3O. The van der Waals surface area contributed by atoms with Gasteiger partial charge in [0.2, 0.25) is 0 Å². The molecule has 0 bridgehead atoms. The van der Waals surface area contributed by atoms with Gasteiger partial charge in [-0.1, -0.05) is 13.3 Å². The molecule has 3 rings (SSSR count).